The van der Waals surface area contributed by atoms with Crippen LogP contribution in [0.15, 0.2) is 22.4 Å². The molecule has 0 unspecified atom stereocenters. The largest absolute Gasteiger partial charge is 0.534 e. The fourth-order valence-corrected chi connectivity index (χ4v) is 3.83. The molecule has 0 aliphatic rings. The highest BCUT2D eigenvalue weighted by atomic mass is 32.2. The Labute approximate surface area is 162 Å². The Balaban J connectivity index is 2.48. The fraction of sp³-hybridized carbons (Fsp3) is 0.200. The summed E-state index contributed by atoms with van der Waals surface area (Å²) in [6.07, 6.45) is 1.11. The van der Waals surface area contributed by atoms with Crippen molar-refractivity contribution in [2.24, 2.45) is 0 Å². The van der Waals surface area contributed by atoms with Gasteiger partial charge in [0.05, 0.1) is 12.0 Å². The van der Waals surface area contributed by atoms with Gasteiger partial charge in [-0.05, 0) is 13.0 Å². The molecule has 0 aliphatic heterocycles. The SMILES string of the molecule is CCOC(=O)c1c(=O)c2cc(F)c(F)c(OS(=O)(=O)C(F)(F)F)c2n2ccsc12. The molecule has 1 aromatic carbocycles. The van der Waals surface area contributed by atoms with Crippen molar-refractivity contribution in [1.82, 2.24) is 4.40 Å². The Morgan fingerprint density at radius 3 is 2.52 bits per heavy atom. The van der Waals surface area contributed by atoms with E-state index in [-0.39, 0.29) is 11.4 Å². The van der Waals surface area contributed by atoms with Gasteiger partial charge < -0.3 is 13.3 Å². The maximum Gasteiger partial charge on any atom is 0.534 e. The lowest BCUT2D eigenvalue weighted by Gasteiger charge is -2.14. The molecule has 156 valence electrons. The Morgan fingerprint density at radius 1 is 1.28 bits per heavy atom. The quantitative estimate of drug-likeness (QED) is 0.259. The minimum atomic E-state index is -6.39. The van der Waals surface area contributed by atoms with Gasteiger partial charge in [-0.3, -0.25) is 4.79 Å². The van der Waals surface area contributed by atoms with Gasteiger partial charge in [-0.1, -0.05) is 0 Å². The predicted molar refractivity (Wildman–Crippen MR) is 90.5 cm³/mol. The first kappa shape index (κ1) is 21.0. The van der Waals surface area contributed by atoms with Crippen LogP contribution in [0.2, 0.25) is 0 Å². The lowest BCUT2D eigenvalue weighted by atomic mass is 10.1. The first-order valence-electron chi connectivity index (χ1n) is 7.52. The number of nitrogens with zero attached hydrogens (tertiary/aromatic N) is 1. The molecule has 7 nitrogen and oxygen atoms in total. The second-order valence-corrected chi connectivity index (χ2v) is 7.82. The van der Waals surface area contributed by atoms with Crippen molar-refractivity contribution >= 4 is 43.2 Å². The normalized spacial score (nSPS) is 12.5. The molecule has 3 aromatic rings. The molecule has 0 spiro atoms. The minimum absolute atomic E-state index is 0.121. The van der Waals surface area contributed by atoms with Gasteiger partial charge in [0.2, 0.25) is 17.0 Å². The van der Waals surface area contributed by atoms with E-state index >= 15 is 0 Å². The zero-order valence-corrected chi connectivity index (χ0v) is 15.7. The number of rotatable bonds is 4. The number of pyridine rings is 1. The number of carbonyl (C=O) groups is 1. The molecule has 29 heavy (non-hydrogen) atoms. The van der Waals surface area contributed by atoms with E-state index in [1.807, 2.05) is 0 Å². The van der Waals surface area contributed by atoms with E-state index in [4.69, 9.17) is 4.74 Å². The Morgan fingerprint density at radius 2 is 1.93 bits per heavy atom. The summed E-state index contributed by atoms with van der Waals surface area (Å²) in [5.41, 5.74) is -8.52. The summed E-state index contributed by atoms with van der Waals surface area (Å²) in [5.74, 6) is -6.69. The van der Waals surface area contributed by atoms with Gasteiger partial charge in [-0.2, -0.15) is 26.0 Å². The number of thiazole rings is 1. The molecule has 0 saturated carbocycles. The first-order chi connectivity index (χ1) is 13.4. The van der Waals surface area contributed by atoms with E-state index < -0.39 is 60.9 Å². The summed E-state index contributed by atoms with van der Waals surface area (Å²) in [7, 11) is -6.39. The predicted octanol–water partition coefficient (Wildman–Crippen LogP) is 3.20. The van der Waals surface area contributed by atoms with Crippen molar-refractivity contribution in [3.8, 4) is 5.75 Å². The van der Waals surface area contributed by atoms with Crippen LogP contribution in [-0.2, 0) is 14.9 Å². The number of fused-ring (bicyclic) bond motifs is 3. The van der Waals surface area contributed by atoms with Crippen LogP contribution in [-0.4, -0.2) is 30.9 Å². The number of hydrogen-bond acceptors (Lipinski definition) is 7. The lowest BCUT2D eigenvalue weighted by Crippen LogP contribution is -2.29. The molecular weight excluding hydrogens is 449 g/mol. The van der Waals surface area contributed by atoms with Crippen LogP contribution in [0.1, 0.15) is 17.3 Å². The Hall–Kier alpha value is -2.74. The van der Waals surface area contributed by atoms with Crippen molar-refractivity contribution in [3.63, 3.8) is 0 Å². The Kier molecular flexibility index (Phi) is 5.03. The molecule has 2 aromatic heterocycles. The number of benzene rings is 1. The number of esters is 1. The van der Waals surface area contributed by atoms with Gasteiger partial charge in [0.1, 0.15) is 15.9 Å². The number of aromatic nitrogens is 1. The highest BCUT2D eigenvalue weighted by Gasteiger charge is 2.49. The summed E-state index contributed by atoms with van der Waals surface area (Å²) in [4.78, 5) is 24.7. The van der Waals surface area contributed by atoms with E-state index in [2.05, 4.69) is 4.18 Å². The molecule has 0 saturated heterocycles. The van der Waals surface area contributed by atoms with E-state index in [0.29, 0.717) is 6.07 Å². The average Bonchev–Trinajstić information content (AvgIpc) is 3.07. The molecule has 3 rings (SSSR count). The van der Waals surface area contributed by atoms with Gasteiger partial charge in [-0.25, -0.2) is 9.18 Å². The lowest BCUT2D eigenvalue weighted by molar-refractivity contribution is -0.0500. The van der Waals surface area contributed by atoms with E-state index in [0.717, 1.165) is 21.9 Å². The van der Waals surface area contributed by atoms with Gasteiger partial charge in [-0.15, -0.1) is 11.3 Å². The van der Waals surface area contributed by atoms with Crippen LogP contribution >= 0.6 is 11.3 Å². The van der Waals surface area contributed by atoms with Crippen LogP contribution in [0.3, 0.4) is 0 Å². The molecule has 0 fully saturated rings. The molecule has 0 atom stereocenters. The zero-order valence-electron chi connectivity index (χ0n) is 14.0. The van der Waals surface area contributed by atoms with Gasteiger partial charge in [0, 0.05) is 11.6 Å². The van der Waals surface area contributed by atoms with Crippen molar-refractivity contribution in [2.75, 3.05) is 6.61 Å². The standard InChI is InChI=1S/C15H8F5NO6S2/c1-2-26-14(23)8-11(22)6-5-7(16)9(17)12(27-29(24,25)15(18,19)20)10(6)21-3-4-28-13(8)21/h3-5H,2H2,1H3. The summed E-state index contributed by atoms with van der Waals surface area (Å²) >= 11 is 0.758. The molecule has 0 bridgehead atoms. The number of alkyl halides is 3. The molecule has 14 heteroatoms. The average molecular weight is 457 g/mol. The van der Waals surface area contributed by atoms with E-state index in [1.54, 1.807) is 0 Å². The van der Waals surface area contributed by atoms with Crippen molar-refractivity contribution in [3.05, 3.63) is 45.1 Å². The summed E-state index contributed by atoms with van der Waals surface area (Å²) in [5, 5.41) is 0.496. The monoisotopic (exact) mass is 457 g/mol. The van der Waals surface area contributed by atoms with Crippen LogP contribution < -0.4 is 9.61 Å². The van der Waals surface area contributed by atoms with Gasteiger partial charge in [0.25, 0.3) is 0 Å². The molecule has 2 heterocycles. The third-order valence-corrected chi connectivity index (χ3v) is 5.48. The Bertz CT molecular complexity index is 1310. The van der Waals surface area contributed by atoms with Crippen molar-refractivity contribution in [2.45, 2.75) is 12.4 Å². The topological polar surface area (TPSA) is 91.2 Å². The minimum Gasteiger partial charge on any atom is -0.462 e. The van der Waals surface area contributed by atoms with Crippen LogP contribution in [0.5, 0.6) is 5.75 Å². The summed E-state index contributed by atoms with van der Waals surface area (Å²) in [6, 6.07) is 0.326. The highest BCUT2D eigenvalue weighted by molar-refractivity contribution is 7.88. The van der Waals surface area contributed by atoms with Crippen molar-refractivity contribution in [1.29, 1.82) is 0 Å². The number of halogens is 5. The van der Waals surface area contributed by atoms with E-state index in [1.165, 1.54) is 12.3 Å². The van der Waals surface area contributed by atoms with Gasteiger partial charge >= 0.3 is 21.6 Å². The van der Waals surface area contributed by atoms with Gasteiger partial charge in [0.15, 0.2) is 5.82 Å². The molecule has 0 aliphatic carbocycles. The zero-order chi connectivity index (χ0) is 21.7. The highest BCUT2D eigenvalue weighted by Crippen LogP contribution is 2.36. The maximum absolute atomic E-state index is 14.3. The van der Waals surface area contributed by atoms with Crippen molar-refractivity contribution < 1.29 is 44.1 Å². The number of hydrogen-bond donors (Lipinski definition) is 0. The van der Waals surface area contributed by atoms with E-state index in [9.17, 15) is 40.0 Å². The molecule has 0 N–H and O–H groups in total. The van der Waals surface area contributed by atoms with Crippen LogP contribution in [0.25, 0.3) is 15.7 Å². The third-order valence-electron chi connectivity index (χ3n) is 3.64. The van der Waals surface area contributed by atoms with Crippen LogP contribution in [0.4, 0.5) is 22.0 Å². The third kappa shape index (κ3) is 3.31. The smallest absolute Gasteiger partial charge is 0.462 e. The maximum atomic E-state index is 14.3. The second kappa shape index (κ2) is 6.95. The first-order valence-corrected chi connectivity index (χ1v) is 9.81. The molecule has 0 amide bonds. The molecule has 0 radical (unpaired) electrons. The van der Waals surface area contributed by atoms with Crippen LogP contribution in [0, 0.1) is 11.6 Å². The summed E-state index contributed by atoms with van der Waals surface area (Å²) in [6.45, 7) is 1.33. The number of carbonyl (C=O) groups excluding carboxylic acids is 1. The summed E-state index contributed by atoms with van der Waals surface area (Å²) < 4.78 is 98.4. The number of ether oxygens (including phenoxy) is 1. The molecular formula is C15H8F5NO6S2. The fourth-order valence-electron chi connectivity index (χ4n) is 2.49. The second-order valence-electron chi connectivity index (χ2n) is 5.38.